The lowest BCUT2D eigenvalue weighted by molar-refractivity contribution is 0.315. The van der Waals surface area contributed by atoms with Crippen LogP contribution in [0.4, 0.5) is 0 Å². The van der Waals surface area contributed by atoms with Crippen LogP contribution in [0.1, 0.15) is 55.5 Å². The Morgan fingerprint density at radius 1 is 1.36 bits per heavy atom. The van der Waals surface area contributed by atoms with Crippen molar-refractivity contribution in [2.24, 2.45) is 5.92 Å². The summed E-state index contributed by atoms with van der Waals surface area (Å²) >= 11 is 1.79. The smallest absolute Gasteiger partial charge is 0.0797 e. The molecule has 1 aromatic rings. The van der Waals surface area contributed by atoms with Gasteiger partial charge in [0.2, 0.25) is 0 Å². The maximum Gasteiger partial charge on any atom is 0.0797 e. The summed E-state index contributed by atoms with van der Waals surface area (Å²) in [5.41, 5.74) is 3.39. The number of rotatable bonds is 2. The highest BCUT2D eigenvalue weighted by molar-refractivity contribution is 7.09. The van der Waals surface area contributed by atoms with Crippen LogP contribution in [0.25, 0.3) is 0 Å². The van der Waals surface area contributed by atoms with Crippen molar-refractivity contribution in [1.29, 1.82) is 0 Å². The second kappa shape index (κ2) is 4.43. The van der Waals surface area contributed by atoms with Crippen LogP contribution in [0.3, 0.4) is 0 Å². The molecule has 0 aromatic carbocycles. The lowest BCUT2D eigenvalue weighted by atomic mass is 9.79. The first kappa shape index (κ1) is 10.2. The van der Waals surface area contributed by atoms with Crippen LogP contribution in [-0.2, 0) is 0 Å². The molecule has 0 spiro atoms. The average molecular weight is 209 g/mol. The van der Waals surface area contributed by atoms with E-state index in [2.05, 4.69) is 18.8 Å². The third kappa shape index (κ3) is 2.00. The van der Waals surface area contributed by atoms with Gasteiger partial charge in [-0.15, -0.1) is 11.3 Å². The summed E-state index contributed by atoms with van der Waals surface area (Å²) in [6.07, 6.45) is 6.92. The van der Waals surface area contributed by atoms with Gasteiger partial charge in [-0.3, -0.25) is 0 Å². The standard InChI is InChI=1S/C12H19NS/c1-3-10-4-6-11(7-5-10)12-9(2)14-8-13-12/h8,10-11H,3-7H2,1-2H3. The van der Waals surface area contributed by atoms with Crippen LogP contribution in [0.2, 0.25) is 0 Å². The highest BCUT2D eigenvalue weighted by Crippen LogP contribution is 2.37. The first-order valence-corrected chi connectivity index (χ1v) is 6.59. The van der Waals surface area contributed by atoms with Gasteiger partial charge in [0.05, 0.1) is 11.2 Å². The van der Waals surface area contributed by atoms with Gasteiger partial charge in [-0.2, -0.15) is 0 Å². The molecule has 1 nitrogen and oxygen atoms in total. The summed E-state index contributed by atoms with van der Waals surface area (Å²) in [4.78, 5) is 5.94. The molecule has 0 saturated heterocycles. The summed E-state index contributed by atoms with van der Waals surface area (Å²) in [5, 5.41) is 0. The third-order valence-electron chi connectivity index (χ3n) is 3.59. The van der Waals surface area contributed by atoms with Crippen LogP contribution in [0.15, 0.2) is 5.51 Å². The van der Waals surface area contributed by atoms with Gasteiger partial charge in [-0.25, -0.2) is 4.98 Å². The normalized spacial score (nSPS) is 27.9. The lowest BCUT2D eigenvalue weighted by Crippen LogP contribution is -2.13. The van der Waals surface area contributed by atoms with Gasteiger partial charge in [0.15, 0.2) is 0 Å². The molecule has 2 heteroatoms. The summed E-state index contributed by atoms with van der Waals surface area (Å²) in [5.74, 6) is 1.76. The maximum absolute atomic E-state index is 4.51. The van der Waals surface area contributed by atoms with Crippen LogP contribution >= 0.6 is 11.3 Å². The van der Waals surface area contributed by atoms with Gasteiger partial charge in [-0.1, -0.05) is 13.3 Å². The Morgan fingerprint density at radius 2 is 2.07 bits per heavy atom. The maximum atomic E-state index is 4.51. The average Bonchev–Trinajstić information content (AvgIpc) is 2.65. The first-order chi connectivity index (χ1) is 6.81. The molecule has 1 aromatic heterocycles. The Hall–Kier alpha value is -0.370. The number of hydrogen-bond acceptors (Lipinski definition) is 2. The number of thiazole rings is 1. The number of aromatic nitrogens is 1. The molecule has 0 bridgehead atoms. The Bertz CT molecular complexity index is 284. The minimum atomic E-state index is 0.768. The zero-order chi connectivity index (χ0) is 9.97. The predicted molar refractivity (Wildman–Crippen MR) is 61.8 cm³/mol. The van der Waals surface area contributed by atoms with E-state index >= 15 is 0 Å². The van der Waals surface area contributed by atoms with E-state index in [4.69, 9.17) is 0 Å². The molecule has 1 fully saturated rings. The van der Waals surface area contributed by atoms with Gasteiger partial charge >= 0.3 is 0 Å². The van der Waals surface area contributed by atoms with Crippen molar-refractivity contribution in [3.63, 3.8) is 0 Å². The molecule has 0 amide bonds. The highest BCUT2D eigenvalue weighted by Gasteiger charge is 2.23. The number of aryl methyl sites for hydroxylation is 1. The molecule has 1 heterocycles. The predicted octanol–water partition coefficient (Wildman–Crippen LogP) is 4.14. The molecule has 0 unspecified atom stereocenters. The van der Waals surface area contributed by atoms with E-state index in [0.29, 0.717) is 0 Å². The Morgan fingerprint density at radius 3 is 2.57 bits per heavy atom. The van der Waals surface area contributed by atoms with E-state index in [1.807, 2.05) is 5.51 Å². The van der Waals surface area contributed by atoms with Crippen molar-refractivity contribution in [1.82, 2.24) is 4.98 Å². The second-order valence-electron chi connectivity index (χ2n) is 4.42. The monoisotopic (exact) mass is 209 g/mol. The number of hydrogen-bond donors (Lipinski definition) is 0. The molecule has 1 aliphatic rings. The lowest BCUT2D eigenvalue weighted by Gasteiger charge is -2.27. The van der Waals surface area contributed by atoms with E-state index in [0.717, 1.165) is 11.8 Å². The van der Waals surface area contributed by atoms with Gasteiger partial charge in [-0.05, 0) is 38.5 Å². The highest BCUT2D eigenvalue weighted by atomic mass is 32.1. The van der Waals surface area contributed by atoms with Crippen molar-refractivity contribution in [2.75, 3.05) is 0 Å². The van der Waals surface area contributed by atoms with E-state index in [1.54, 1.807) is 11.3 Å². The molecule has 2 rings (SSSR count). The van der Waals surface area contributed by atoms with Gasteiger partial charge in [0.25, 0.3) is 0 Å². The van der Waals surface area contributed by atoms with Gasteiger partial charge < -0.3 is 0 Å². The van der Waals surface area contributed by atoms with Crippen LogP contribution in [0.5, 0.6) is 0 Å². The molecule has 14 heavy (non-hydrogen) atoms. The topological polar surface area (TPSA) is 12.9 Å². The molecule has 0 aliphatic heterocycles. The van der Waals surface area contributed by atoms with Crippen molar-refractivity contribution in [3.05, 3.63) is 16.1 Å². The summed E-state index contributed by atoms with van der Waals surface area (Å²) in [6.45, 7) is 4.53. The molecule has 78 valence electrons. The summed E-state index contributed by atoms with van der Waals surface area (Å²) < 4.78 is 0. The van der Waals surface area contributed by atoms with E-state index < -0.39 is 0 Å². The minimum Gasteiger partial charge on any atom is -0.249 e. The fourth-order valence-corrected chi connectivity index (χ4v) is 3.21. The SMILES string of the molecule is CCC1CCC(c2ncsc2C)CC1. The second-order valence-corrected chi connectivity index (χ2v) is 5.48. The van der Waals surface area contributed by atoms with E-state index in [1.165, 1.54) is 42.7 Å². The fourth-order valence-electron chi connectivity index (χ4n) is 2.55. The molecule has 1 saturated carbocycles. The third-order valence-corrected chi connectivity index (χ3v) is 4.37. The van der Waals surface area contributed by atoms with Gasteiger partial charge in [0, 0.05) is 10.8 Å². The fraction of sp³-hybridized carbons (Fsp3) is 0.750. The quantitative estimate of drug-likeness (QED) is 0.713. The molecular weight excluding hydrogens is 190 g/mol. The number of nitrogens with zero attached hydrogens (tertiary/aromatic N) is 1. The van der Waals surface area contributed by atoms with Crippen LogP contribution in [-0.4, -0.2) is 4.98 Å². The van der Waals surface area contributed by atoms with Crippen molar-refractivity contribution in [3.8, 4) is 0 Å². The van der Waals surface area contributed by atoms with E-state index in [9.17, 15) is 0 Å². The first-order valence-electron chi connectivity index (χ1n) is 5.71. The van der Waals surface area contributed by atoms with Gasteiger partial charge in [0.1, 0.15) is 0 Å². The largest absolute Gasteiger partial charge is 0.249 e. The van der Waals surface area contributed by atoms with Crippen molar-refractivity contribution >= 4 is 11.3 Å². The Labute approximate surface area is 90.6 Å². The molecule has 0 radical (unpaired) electrons. The van der Waals surface area contributed by atoms with E-state index in [-0.39, 0.29) is 0 Å². The zero-order valence-corrected chi connectivity index (χ0v) is 9.94. The van der Waals surface area contributed by atoms with Crippen molar-refractivity contribution in [2.45, 2.75) is 51.9 Å². The van der Waals surface area contributed by atoms with Crippen LogP contribution < -0.4 is 0 Å². The van der Waals surface area contributed by atoms with Crippen LogP contribution in [0, 0.1) is 12.8 Å². The molecule has 1 aliphatic carbocycles. The Balaban J connectivity index is 1.99. The summed E-state index contributed by atoms with van der Waals surface area (Å²) in [6, 6.07) is 0. The molecule has 0 N–H and O–H groups in total. The Kier molecular flexibility index (Phi) is 3.22. The van der Waals surface area contributed by atoms with Crippen molar-refractivity contribution < 1.29 is 0 Å². The molecular formula is C12H19NS. The zero-order valence-electron chi connectivity index (χ0n) is 9.12. The molecule has 0 atom stereocenters. The summed E-state index contributed by atoms with van der Waals surface area (Å²) in [7, 11) is 0. The minimum absolute atomic E-state index is 0.768.